The van der Waals surface area contributed by atoms with Crippen LogP contribution in [-0.4, -0.2) is 56.6 Å². The summed E-state index contributed by atoms with van der Waals surface area (Å²) in [6.07, 6.45) is 7.38. The molecule has 0 bridgehead atoms. The minimum absolute atomic E-state index is 0.00520. The lowest BCUT2D eigenvalue weighted by molar-refractivity contribution is -0.145. The first kappa shape index (κ1) is 22.2. The van der Waals surface area contributed by atoms with Crippen molar-refractivity contribution in [3.05, 3.63) is 53.0 Å². The fraction of sp³-hybridized carbons (Fsp3) is 0.364. The number of piperidine rings is 1. The molecule has 0 unspecified atom stereocenters. The number of hydrogen-bond acceptors (Lipinski definition) is 5. The van der Waals surface area contributed by atoms with Crippen LogP contribution in [0.15, 0.2) is 47.4 Å². The summed E-state index contributed by atoms with van der Waals surface area (Å²) in [4.78, 5) is 39.8. The van der Waals surface area contributed by atoms with E-state index in [9.17, 15) is 14.4 Å². The standard InChI is InChI=1S/C22H24N2O4S2/c25-19(23-14-11-17(12-15-23)21(27)28)10-5-13-24-20(26)18(30-22(24)29)9-4-8-16-6-2-1-3-7-16/h1-4,6-9,17H,5,10-15H2,(H,27,28). The number of carboxylic acid groups (broad SMARTS) is 1. The zero-order chi connectivity index (χ0) is 21.5. The van der Waals surface area contributed by atoms with Crippen molar-refractivity contribution in [2.45, 2.75) is 25.7 Å². The van der Waals surface area contributed by atoms with Gasteiger partial charge in [0.05, 0.1) is 10.8 Å². The predicted octanol–water partition coefficient (Wildman–Crippen LogP) is 3.55. The maximum Gasteiger partial charge on any atom is 0.306 e. The molecule has 2 saturated heterocycles. The zero-order valence-electron chi connectivity index (χ0n) is 16.5. The van der Waals surface area contributed by atoms with Crippen molar-refractivity contribution in [3.8, 4) is 0 Å². The second-order valence-corrected chi connectivity index (χ2v) is 8.90. The summed E-state index contributed by atoms with van der Waals surface area (Å²) in [6, 6.07) is 9.82. The SMILES string of the molecule is O=C(O)C1CCN(C(=O)CCCN2C(=O)C(=CC=Cc3ccccc3)SC2=S)CC1. The van der Waals surface area contributed by atoms with Gasteiger partial charge in [0.15, 0.2) is 0 Å². The molecule has 0 radical (unpaired) electrons. The summed E-state index contributed by atoms with van der Waals surface area (Å²) in [5.74, 6) is -1.27. The molecule has 2 fully saturated rings. The highest BCUT2D eigenvalue weighted by molar-refractivity contribution is 8.26. The summed E-state index contributed by atoms with van der Waals surface area (Å²) in [5.41, 5.74) is 1.05. The van der Waals surface area contributed by atoms with Crippen LogP contribution in [0.2, 0.25) is 0 Å². The van der Waals surface area contributed by atoms with Crippen LogP contribution in [0.5, 0.6) is 0 Å². The summed E-state index contributed by atoms with van der Waals surface area (Å²) < 4.78 is 0.508. The second kappa shape index (κ2) is 10.5. The molecule has 0 aromatic heterocycles. The van der Waals surface area contributed by atoms with Crippen molar-refractivity contribution in [2.75, 3.05) is 19.6 Å². The van der Waals surface area contributed by atoms with E-state index in [-0.39, 0.29) is 17.7 Å². The summed E-state index contributed by atoms with van der Waals surface area (Å²) in [7, 11) is 0. The highest BCUT2D eigenvalue weighted by atomic mass is 32.2. The molecule has 30 heavy (non-hydrogen) atoms. The molecule has 3 rings (SSSR count). The van der Waals surface area contributed by atoms with Crippen molar-refractivity contribution in [3.63, 3.8) is 0 Å². The van der Waals surface area contributed by atoms with Crippen molar-refractivity contribution >= 4 is 52.2 Å². The molecule has 1 aromatic carbocycles. The number of nitrogens with zero attached hydrogens (tertiary/aromatic N) is 2. The Hall–Kier alpha value is -2.45. The maximum absolute atomic E-state index is 12.6. The summed E-state index contributed by atoms with van der Waals surface area (Å²) >= 11 is 6.61. The van der Waals surface area contributed by atoms with E-state index in [4.69, 9.17) is 17.3 Å². The number of carbonyl (C=O) groups is 3. The first-order valence-corrected chi connectivity index (χ1v) is 11.2. The van der Waals surface area contributed by atoms with Gasteiger partial charge in [0.1, 0.15) is 4.32 Å². The molecule has 158 valence electrons. The van der Waals surface area contributed by atoms with E-state index in [1.54, 1.807) is 15.9 Å². The molecule has 2 amide bonds. The quantitative estimate of drug-likeness (QED) is 0.512. The number of carbonyl (C=O) groups excluding carboxylic acids is 2. The molecule has 1 aromatic rings. The zero-order valence-corrected chi connectivity index (χ0v) is 18.2. The largest absolute Gasteiger partial charge is 0.481 e. The van der Waals surface area contributed by atoms with Crippen molar-refractivity contribution in [2.24, 2.45) is 5.92 Å². The van der Waals surface area contributed by atoms with Gasteiger partial charge in [-0.25, -0.2) is 0 Å². The normalized spacial score (nSPS) is 19.3. The molecule has 0 spiro atoms. The lowest BCUT2D eigenvalue weighted by Crippen LogP contribution is -2.40. The van der Waals surface area contributed by atoms with E-state index >= 15 is 0 Å². The molecule has 2 aliphatic rings. The van der Waals surface area contributed by atoms with Crippen LogP contribution in [0, 0.1) is 5.92 Å². The van der Waals surface area contributed by atoms with E-state index in [2.05, 4.69) is 0 Å². The van der Waals surface area contributed by atoms with Crippen LogP contribution in [0.4, 0.5) is 0 Å². The first-order chi connectivity index (χ1) is 14.5. The van der Waals surface area contributed by atoms with Crippen molar-refractivity contribution in [1.82, 2.24) is 9.80 Å². The van der Waals surface area contributed by atoms with Gasteiger partial charge in [-0.2, -0.15) is 0 Å². The molecule has 8 heteroatoms. The van der Waals surface area contributed by atoms with Crippen LogP contribution in [0.1, 0.15) is 31.2 Å². The van der Waals surface area contributed by atoms with Crippen LogP contribution < -0.4 is 0 Å². The lowest BCUT2D eigenvalue weighted by Gasteiger charge is -2.30. The minimum atomic E-state index is -0.789. The number of aliphatic carboxylic acids is 1. The predicted molar refractivity (Wildman–Crippen MR) is 122 cm³/mol. The van der Waals surface area contributed by atoms with E-state index in [1.165, 1.54) is 11.8 Å². The molecule has 0 aliphatic carbocycles. The Kier molecular flexibility index (Phi) is 7.81. The average molecular weight is 445 g/mol. The lowest BCUT2D eigenvalue weighted by atomic mass is 9.97. The fourth-order valence-corrected chi connectivity index (χ4v) is 4.70. The number of thioether (sulfide) groups is 1. The molecular weight excluding hydrogens is 420 g/mol. The van der Waals surface area contributed by atoms with E-state index < -0.39 is 5.97 Å². The topological polar surface area (TPSA) is 77.9 Å². The number of benzene rings is 1. The Labute approximate surface area is 185 Å². The van der Waals surface area contributed by atoms with Gasteiger partial charge in [-0.15, -0.1) is 0 Å². The van der Waals surface area contributed by atoms with Gasteiger partial charge < -0.3 is 10.0 Å². The second-order valence-electron chi connectivity index (χ2n) is 7.22. The van der Waals surface area contributed by atoms with Crippen LogP contribution in [0.25, 0.3) is 6.08 Å². The molecule has 2 heterocycles. The fourth-order valence-electron chi connectivity index (χ4n) is 3.44. The Bertz CT molecular complexity index is 874. The number of rotatable bonds is 7. The number of allylic oxidation sites excluding steroid dienone is 2. The minimum Gasteiger partial charge on any atom is -0.481 e. The third-order valence-corrected chi connectivity index (χ3v) is 6.57. The average Bonchev–Trinajstić information content (AvgIpc) is 3.02. The molecule has 1 N–H and O–H groups in total. The van der Waals surface area contributed by atoms with Crippen LogP contribution in [-0.2, 0) is 14.4 Å². The van der Waals surface area contributed by atoms with E-state index in [0.717, 1.165) is 5.56 Å². The van der Waals surface area contributed by atoms with E-state index in [1.807, 2.05) is 42.5 Å². The van der Waals surface area contributed by atoms with Crippen LogP contribution >= 0.6 is 24.0 Å². The summed E-state index contributed by atoms with van der Waals surface area (Å²) in [5, 5.41) is 9.05. The summed E-state index contributed by atoms with van der Waals surface area (Å²) in [6.45, 7) is 1.36. The number of amides is 2. The van der Waals surface area contributed by atoms with Gasteiger partial charge in [0.2, 0.25) is 5.91 Å². The maximum atomic E-state index is 12.6. The Morgan fingerprint density at radius 1 is 1.20 bits per heavy atom. The van der Waals surface area contributed by atoms with Crippen molar-refractivity contribution < 1.29 is 19.5 Å². The van der Waals surface area contributed by atoms with Crippen LogP contribution in [0.3, 0.4) is 0 Å². The third kappa shape index (κ3) is 5.79. The third-order valence-electron chi connectivity index (χ3n) is 5.18. The number of thiocarbonyl (C=S) groups is 1. The number of carboxylic acids is 1. The monoisotopic (exact) mass is 444 g/mol. The Balaban J connectivity index is 1.45. The smallest absolute Gasteiger partial charge is 0.306 e. The molecule has 0 atom stereocenters. The van der Waals surface area contributed by atoms with Gasteiger partial charge in [0, 0.05) is 26.1 Å². The number of likely N-dealkylation sites (tertiary alicyclic amines) is 1. The Morgan fingerprint density at radius 2 is 1.90 bits per heavy atom. The van der Waals surface area contributed by atoms with Gasteiger partial charge in [0.25, 0.3) is 5.91 Å². The number of hydrogen-bond donors (Lipinski definition) is 1. The molecule has 6 nitrogen and oxygen atoms in total. The van der Waals surface area contributed by atoms with Gasteiger partial charge >= 0.3 is 5.97 Å². The molecular formula is C22H24N2O4S2. The van der Waals surface area contributed by atoms with Gasteiger partial charge in [-0.1, -0.05) is 66.5 Å². The highest BCUT2D eigenvalue weighted by Gasteiger charge is 2.32. The molecule has 2 aliphatic heterocycles. The van der Waals surface area contributed by atoms with Gasteiger partial charge in [-0.05, 0) is 30.9 Å². The van der Waals surface area contributed by atoms with Crippen molar-refractivity contribution in [1.29, 1.82) is 0 Å². The Morgan fingerprint density at radius 3 is 2.57 bits per heavy atom. The first-order valence-electron chi connectivity index (χ1n) is 9.93. The highest BCUT2D eigenvalue weighted by Crippen LogP contribution is 2.31. The van der Waals surface area contributed by atoms with E-state index in [0.29, 0.717) is 54.5 Å². The molecule has 0 saturated carbocycles. The van der Waals surface area contributed by atoms with Gasteiger partial charge in [-0.3, -0.25) is 19.3 Å².